The van der Waals surface area contributed by atoms with Gasteiger partial charge in [0, 0.05) is 10.7 Å². The van der Waals surface area contributed by atoms with Crippen LogP contribution in [-0.2, 0) is 12.8 Å². The Bertz CT molecular complexity index is 734. The van der Waals surface area contributed by atoms with Crippen LogP contribution < -0.4 is 15.4 Å². The van der Waals surface area contributed by atoms with E-state index in [0.717, 1.165) is 30.8 Å². The number of aliphatic hydroxyl groups excluding tert-OH is 1. The quantitative estimate of drug-likeness (QED) is 0.765. The number of nitrogens with one attached hydrogen (secondary N) is 2. The first-order chi connectivity index (χ1) is 12.1. The number of hydrogen-bond acceptors (Lipinski definition) is 3. The van der Waals surface area contributed by atoms with Crippen LogP contribution >= 0.6 is 11.6 Å². The van der Waals surface area contributed by atoms with Crippen molar-refractivity contribution in [1.29, 1.82) is 0 Å². The molecule has 1 unspecified atom stereocenters. The van der Waals surface area contributed by atoms with Crippen molar-refractivity contribution in [3.8, 4) is 5.75 Å². The van der Waals surface area contributed by atoms with E-state index in [-0.39, 0.29) is 18.7 Å². The van der Waals surface area contributed by atoms with E-state index in [0.29, 0.717) is 17.1 Å². The lowest BCUT2D eigenvalue weighted by atomic mass is 9.99. The van der Waals surface area contributed by atoms with Crippen molar-refractivity contribution in [3.63, 3.8) is 0 Å². The van der Waals surface area contributed by atoms with Crippen LogP contribution in [0.5, 0.6) is 5.75 Å². The zero-order chi connectivity index (χ0) is 17.6. The van der Waals surface area contributed by atoms with Gasteiger partial charge >= 0.3 is 6.03 Å². The molecule has 2 aromatic carbocycles. The molecule has 0 radical (unpaired) electrons. The number of aryl methyl sites for hydroxylation is 1. The van der Waals surface area contributed by atoms with Crippen LogP contribution in [0.25, 0.3) is 0 Å². The number of aliphatic hydroxyl groups is 1. The molecule has 6 heteroatoms. The topological polar surface area (TPSA) is 70.6 Å². The predicted octanol–water partition coefficient (Wildman–Crippen LogP) is 3.39. The summed E-state index contributed by atoms with van der Waals surface area (Å²) in [4.78, 5) is 12.1. The van der Waals surface area contributed by atoms with Gasteiger partial charge in [0.1, 0.15) is 5.75 Å². The number of rotatable bonds is 5. The number of hydrogen-bond donors (Lipinski definition) is 3. The van der Waals surface area contributed by atoms with Crippen molar-refractivity contribution in [2.75, 3.05) is 18.5 Å². The van der Waals surface area contributed by atoms with Crippen LogP contribution in [0.1, 0.15) is 17.5 Å². The average Bonchev–Trinajstić information content (AvgIpc) is 2.63. The molecule has 0 saturated heterocycles. The lowest BCUT2D eigenvalue weighted by Crippen LogP contribution is -2.41. The lowest BCUT2D eigenvalue weighted by Gasteiger charge is -2.20. The van der Waals surface area contributed by atoms with Crippen molar-refractivity contribution in [1.82, 2.24) is 5.32 Å². The third kappa shape index (κ3) is 4.87. The second kappa shape index (κ2) is 8.23. The van der Waals surface area contributed by atoms with Gasteiger partial charge in [-0.05, 0) is 60.7 Å². The van der Waals surface area contributed by atoms with Crippen molar-refractivity contribution in [3.05, 3.63) is 58.6 Å². The van der Waals surface area contributed by atoms with E-state index in [1.54, 1.807) is 24.3 Å². The number of halogens is 1. The Kier molecular flexibility index (Phi) is 5.79. The van der Waals surface area contributed by atoms with Gasteiger partial charge < -0.3 is 20.5 Å². The summed E-state index contributed by atoms with van der Waals surface area (Å²) in [6.45, 7) is 0.625. The molecule has 1 heterocycles. The molecule has 3 rings (SSSR count). The Morgan fingerprint density at radius 3 is 2.80 bits per heavy atom. The Morgan fingerprint density at radius 2 is 2.04 bits per heavy atom. The third-order valence-electron chi connectivity index (χ3n) is 4.11. The van der Waals surface area contributed by atoms with E-state index in [4.69, 9.17) is 16.3 Å². The number of carbonyl (C=O) groups excluding carboxylic acids is 1. The van der Waals surface area contributed by atoms with Crippen molar-refractivity contribution < 1.29 is 14.6 Å². The fourth-order valence-corrected chi connectivity index (χ4v) is 3.00. The van der Waals surface area contributed by atoms with Crippen LogP contribution in [0.15, 0.2) is 42.5 Å². The van der Waals surface area contributed by atoms with E-state index >= 15 is 0 Å². The maximum Gasteiger partial charge on any atom is 0.319 e. The SMILES string of the molecule is O=C(Nc1ccc(Cl)cc1)NC(CO)Cc1ccc2c(c1)CCCO2. The van der Waals surface area contributed by atoms with E-state index in [2.05, 4.69) is 16.7 Å². The summed E-state index contributed by atoms with van der Waals surface area (Å²) < 4.78 is 5.61. The highest BCUT2D eigenvalue weighted by Crippen LogP contribution is 2.26. The Morgan fingerprint density at radius 1 is 1.24 bits per heavy atom. The Hall–Kier alpha value is -2.24. The number of ether oxygens (including phenoxy) is 1. The summed E-state index contributed by atoms with van der Waals surface area (Å²) in [6, 6.07) is 12.2. The number of urea groups is 1. The van der Waals surface area contributed by atoms with Gasteiger partial charge in [-0.25, -0.2) is 4.79 Å². The maximum absolute atomic E-state index is 12.1. The monoisotopic (exact) mass is 360 g/mol. The van der Waals surface area contributed by atoms with Crippen LogP contribution in [-0.4, -0.2) is 30.4 Å². The first-order valence-corrected chi connectivity index (χ1v) is 8.70. The Labute approximate surface area is 152 Å². The van der Waals surface area contributed by atoms with Crippen molar-refractivity contribution in [2.24, 2.45) is 0 Å². The van der Waals surface area contributed by atoms with Gasteiger partial charge in [0.25, 0.3) is 0 Å². The fraction of sp³-hybridized carbons (Fsp3) is 0.316. The minimum Gasteiger partial charge on any atom is -0.493 e. The van der Waals surface area contributed by atoms with Crippen molar-refractivity contribution in [2.45, 2.75) is 25.3 Å². The largest absolute Gasteiger partial charge is 0.493 e. The van der Waals surface area contributed by atoms with E-state index in [9.17, 15) is 9.90 Å². The first-order valence-electron chi connectivity index (χ1n) is 8.32. The van der Waals surface area contributed by atoms with Gasteiger partial charge in [0.05, 0.1) is 19.3 Å². The molecule has 3 N–H and O–H groups in total. The molecule has 0 aliphatic carbocycles. The van der Waals surface area contributed by atoms with Crippen molar-refractivity contribution >= 4 is 23.3 Å². The number of fused-ring (bicyclic) bond motifs is 1. The van der Waals surface area contributed by atoms with E-state index in [1.165, 1.54) is 5.56 Å². The molecule has 25 heavy (non-hydrogen) atoms. The van der Waals surface area contributed by atoms with Crippen LogP contribution in [0.4, 0.5) is 10.5 Å². The second-order valence-corrected chi connectivity index (χ2v) is 6.52. The molecular weight excluding hydrogens is 340 g/mol. The standard InChI is InChI=1S/C19H21ClN2O3/c20-15-4-6-16(7-5-15)21-19(24)22-17(12-23)11-13-3-8-18-14(10-13)2-1-9-25-18/h3-8,10,17,23H,1-2,9,11-12H2,(H2,21,22,24). The summed E-state index contributed by atoms with van der Waals surface area (Å²) >= 11 is 5.83. The molecule has 0 bridgehead atoms. The summed E-state index contributed by atoms with van der Waals surface area (Å²) in [5, 5.41) is 15.7. The molecule has 1 aliphatic rings. The molecule has 1 aliphatic heterocycles. The van der Waals surface area contributed by atoms with Gasteiger partial charge in [-0.3, -0.25) is 0 Å². The van der Waals surface area contributed by atoms with Gasteiger partial charge in [0.15, 0.2) is 0 Å². The second-order valence-electron chi connectivity index (χ2n) is 6.08. The van der Waals surface area contributed by atoms with Crippen LogP contribution in [0.3, 0.4) is 0 Å². The van der Waals surface area contributed by atoms with E-state index in [1.807, 2.05) is 12.1 Å². The lowest BCUT2D eigenvalue weighted by molar-refractivity contribution is 0.224. The summed E-state index contributed by atoms with van der Waals surface area (Å²) in [5.41, 5.74) is 2.89. The number of amides is 2. The van der Waals surface area contributed by atoms with E-state index < -0.39 is 0 Å². The minimum absolute atomic E-state index is 0.137. The Balaban J connectivity index is 1.58. The number of carbonyl (C=O) groups is 1. The highest BCUT2D eigenvalue weighted by atomic mass is 35.5. The van der Waals surface area contributed by atoms with Gasteiger partial charge in [-0.1, -0.05) is 23.7 Å². The summed E-state index contributed by atoms with van der Waals surface area (Å²) in [6.07, 6.45) is 2.57. The molecule has 0 aromatic heterocycles. The summed E-state index contributed by atoms with van der Waals surface area (Å²) in [7, 11) is 0. The summed E-state index contributed by atoms with van der Waals surface area (Å²) in [5.74, 6) is 0.934. The normalized spacial score (nSPS) is 14.2. The molecular formula is C19H21ClN2O3. The zero-order valence-corrected chi connectivity index (χ0v) is 14.6. The zero-order valence-electron chi connectivity index (χ0n) is 13.8. The fourth-order valence-electron chi connectivity index (χ4n) is 2.87. The molecule has 0 saturated carbocycles. The van der Waals surface area contributed by atoms with Gasteiger partial charge in [-0.15, -0.1) is 0 Å². The highest BCUT2D eigenvalue weighted by Gasteiger charge is 2.15. The molecule has 2 amide bonds. The van der Waals surface area contributed by atoms with Crippen LogP contribution in [0, 0.1) is 0 Å². The third-order valence-corrected chi connectivity index (χ3v) is 4.36. The smallest absolute Gasteiger partial charge is 0.319 e. The van der Waals surface area contributed by atoms with Gasteiger partial charge in [-0.2, -0.15) is 0 Å². The highest BCUT2D eigenvalue weighted by molar-refractivity contribution is 6.30. The van der Waals surface area contributed by atoms with Crippen LogP contribution in [0.2, 0.25) is 5.02 Å². The van der Waals surface area contributed by atoms with Gasteiger partial charge in [0.2, 0.25) is 0 Å². The minimum atomic E-state index is -0.366. The molecule has 1 atom stereocenters. The average molecular weight is 361 g/mol. The molecule has 5 nitrogen and oxygen atoms in total. The predicted molar refractivity (Wildman–Crippen MR) is 98.4 cm³/mol. The number of benzene rings is 2. The number of anilines is 1. The molecule has 0 spiro atoms. The first kappa shape index (κ1) is 17.6. The maximum atomic E-state index is 12.1. The molecule has 0 fully saturated rings. The molecule has 132 valence electrons. The molecule has 2 aromatic rings.